The van der Waals surface area contributed by atoms with Crippen molar-refractivity contribution in [3.05, 3.63) is 30.1 Å². The second-order valence-electron chi connectivity index (χ2n) is 4.47. The first-order chi connectivity index (χ1) is 8.93. The van der Waals surface area contributed by atoms with E-state index in [0.717, 1.165) is 41.5 Å². The van der Waals surface area contributed by atoms with Gasteiger partial charge < -0.3 is 10.6 Å². The highest BCUT2D eigenvalue weighted by Gasteiger charge is 2.21. The fraction of sp³-hybridized carbons (Fsp3) is 0.333. The first kappa shape index (κ1) is 10.4. The Bertz CT molecular complexity index is 695. The highest BCUT2D eigenvalue weighted by molar-refractivity contribution is 7.11. The smallest absolute Gasteiger partial charge is 0.214 e. The SMILES string of the molecule is c1ccc2c(c1)nc1snc(C3CNCCN3)n12. The molecule has 1 unspecified atom stereocenters. The minimum Gasteiger partial charge on any atom is -0.313 e. The summed E-state index contributed by atoms with van der Waals surface area (Å²) >= 11 is 1.47. The molecule has 1 saturated heterocycles. The molecule has 0 spiro atoms. The number of aromatic nitrogens is 3. The largest absolute Gasteiger partial charge is 0.313 e. The van der Waals surface area contributed by atoms with Gasteiger partial charge in [0.2, 0.25) is 4.96 Å². The highest BCUT2D eigenvalue weighted by Crippen LogP contribution is 2.24. The van der Waals surface area contributed by atoms with E-state index in [1.165, 1.54) is 11.5 Å². The van der Waals surface area contributed by atoms with Gasteiger partial charge in [0.1, 0.15) is 5.82 Å². The van der Waals surface area contributed by atoms with Crippen LogP contribution in [0.25, 0.3) is 16.0 Å². The molecule has 0 saturated carbocycles. The predicted octanol–water partition coefficient (Wildman–Crippen LogP) is 1.18. The van der Waals surface area contributed by atoms with E-state index < -0.39 is 0 Å². The average molecular weight is 259 g/mol. The third-order valence-corrected chi connectivity index (χ3v) is 4.05. The highest BCUT2D eigenvalue weighted by atomic mass is 32.1. The van der Waals surface area contributed by atoms with Gasteiger partial charge in [-0.3, -0.25) is 4.40 Å². The molecule has 1 aromatic carbocycles. The van der Waals surface area contributed by atoms with E-state index in [4.69, 9.17) is 0 Å². The minimum atomic E-state index is 0.269. The molecule has 1 aliphatic heterocycles. The number of piperazine rings is 1. The second kappa shape index (κ2) is 4.01. The van der Waals surface area contributed by atoms with Crippen LogP contribution in [0.2, 0.25) is 0 Å². The van der Waals surface area contributed by atoms with Gasteiger partial charge in [-0.15, -0.1) is 0 Å². The van der Waals surface area contributed by atoms with Crippen molar-refractivity contribution in [1.29, 1.82) is 0 Å². The number of para-hydroxylation sites is 2. The molecular weight excluding hydrogens is 246 g/mol. The lowest BCUT2D eigenvalue weighted by atomic mass is 10.2. The van der Waals surface area contributed by atoms with Crippen molar-refractivity contribution >= 4 is 27.5 Å². The maximum atomic E-state index is 4.60. The summed E-state index contributed by atoms with van der Waals surface area (Å²) in [5.74, 6) is 1.07. The molecule has 3 aromatic rings. The molecule has 1 aliphatic rings. The molecule has 5 nitrogen and oxygen atoms in total. The van der Waals surface area contributed by atoms with E-state index in [1.807, 2.05) is 18.2 Å². The van der Waals surface area contributed by atoms with Crippen LogP contribution < -0.4 is 10.6 Å². The van der Waals surface area contributed by atoms with Crippen LogP contribution in [-0.4, -0.2) is 33.4 Å². The topological polar surface area (TPSA) is 54.2 Å². The van der Waals surface area contributed by atoms with Gasteiger partial charge in [-0.25, -0.2) is 4.98 Å². The van der Waals surface area contributed by atoms with E-state index in [0.29, 0.717) is 0 Å². The summed E-state index contributed by atoms with van der Waals surface area (Å²) in [6.45, 7) is 2.93. The van der Waals surface area contributed by atoms with Crippen LogP contribution in [-0.2, 0) is 0 Å². The Morgan fingerprint density at radius 2 is 2.22 bits per heavy atom. The molecule has 92 valence electrons. The van der Waals surface area contributed by atoms with E-state index in [-0.39, 0.29) is 6.04 Å². The van der Waals surface area contributed by atoms with Crippen LogP contribution in [0.5, 0.6) is 0 Å². The van der Waals surface area contributed by atoms with Crippen molar-refractivity contribution < 1.29 is 0 Å². The molecule has 1 atom stereocenters. The fourth-order valence-electron chi connectivity index (χ4n) is 2.47. The summed E-state index contributed by atoms with van der Waals surface area (Å²) in [7, 11) is 0. The molecule has 0 amide bonds. The number of nitrogens with one attached hydrogen (secondary N) is 2. The Labute approximate surface area is 108 Å². The van der Waals surface area contributed by atoms with Crippen molar-refractivity contribution in [3.8, 4) is 0 Å². The summed E-state index contributed by atoms with van der Waals surface area (Å²) in [5.41, 5.74) is 2.18. The number of hydrogen-bond acceptors (Lipinski definition) is 5. The van der Waals surface area contributed by atoms with Crippen LogP contribution in [0, 0.1) is 0 Å². The number of imidazole rings is 1. The number of nitrogens with zero attached hydrogens (tertiary/aromatic N) is 3. The third-order valence-electron chi connectivity index (χ3n) is 3.33. The molecule has 2 aromatic heterocycles. The molecule has 1 fully saturated rings. The van der Waals surface area contributed by atoms with Crippen molar-refractivity contribution in [1.82, 2.24) is 24.4 Å². The summed E-state index contributed by atoms with van der Waals surface area (Å²) in [6, 6.07) is 8.48. The standard InChI is InChI=1S/C12H13N5S/c1-2-4-10-8(3-1)15-12-17(10)11(16-18-12)9-7-13-5-6-14-9/h1-4,9,13-14H,5-7H2. The van der Waals surface area contributed by atoms with Crippen LogP contribution >= 0.6 is 11.5 Å². The second-order valence-corrected chi connectivity index (χ2v) is 5.20. The number of fused-ring (bicyclic) bond motifs is 3. The molecule has 0 aliphatic carbocycles. The van der Waals surface area contributed by atoms with Gasteiger partial charge in [0.25, 0.3) is 0 Å². The quantitative estimate of drug-likeness (QED) is 0.689. The van der Waals surface area contributed by atoms with Crippen LogP contribution in [0.1, 0.15) is 11.9 Å². The number of hydrogen-bond donors (Lipinski definition) is 2. The molecule has 0 radical (unpaired) electrons. The van der Waals surface area contributed by atoms with E-state index in [1.54, 1.807) is 0 Å². The van der Waals surface area contributed by atoms with Crippen molar-refractivity contribution in [2.24, 2.45) is 0 Å². The predicted molar refractivity (Wildman–Crippen MR) is 72.0 cm³/mol. The van der Waals surface area contributed by atoms with Gasteiger partial charge in [-0.05, 0) is 12.1 Å². The average Bonchev–Trinajstić information content (AvgIpc) is 2.98. The Balaban J connectivity index is 1.94. The van der Waals surface area contributed by atoms with E-state index in [2.05, 4.69) is 30.5 Å². The summed E-state index contributed by atoms with van der Waals surface area (Å²) in [4.78, 5) is 5.57. The maximum absolute atomic E-state index is 4.60. The molecular formula is C12H13N5S. The molecule has 6 heteroatoms. The number of rotatable bonds is 1. The van der Waals surface area contributed by atoms with Crippen molar-refractivity contribution in [2.45, 2.75) is 6.04 Å². The molecule has 0 bridgehead atoms. The molecule has 4 rings (SSSR count). The first-order valence-corrected chi connectivity index (χ1v) is 6.88. The minimum absolute atomic E-state index is 0.269. The van der Waals surface area contributed by atoms with Gasteiger partial charge in [0, 0.05) is 31.2 Å². The lowest BCUT2D eigenvalue weighted by Crippen LogP contribution is -2.43. The lowest BCUT2D eigenvalue weighted by Gasteiger charge is -2.22. The van der Waals surface area contributed by atoms with Gasteiger partial charge >= 0.3 is 0 Å². The number of benzene rings is 1. The Morgan fingerprint density at radius 1 is 1.28 bits per heavy atom. The zero-order valence-corrected chi connectivity index (χ0v) is 10.6. The Morgan fingerprint density at radius 3 is 3.11 bits per heavy atom. The zero-order valence-electron chi connectivity index (χ0n) is 9.76. The molecule has 18 heavy (non-hydrogen) atoms. The Kier molecular flexibility index (Phi) is 2.32. The van der Waals surface area contributed by atoms with Crippen LogP contribution in [0.15, 0.2) is 24.3 Å². The Hall–Kier alpha value is -1.50. The van der Waals surface area contributed by atoms with Crippen molar-refractivity contribution in [2.75, 3.05) is 19.6 Å². The van der Waals surface area contributed by atoms with Gasteiger partial charge in [0.15, 0.2) is 0 Å². The lowest BCUT2D eigenvalue weighted by molar-refractivity contribution is 0.416. The zero-order chi connectivity index (χ0) is 11.9. The van der Waals surface area contributed by atoms with Gasteiger partial charge in [0.05, 0.1) is 17.1 Å². The normalized spacial score (nSPS) is 20.8. The van der Waals surface area contributed by atoms with Gasteiger partial charge in [-0.2, -0.15) is 4.37 Å². The monoisotopic (exact) mass is 259 g/mol. The fourth-order valence-corrected chi connectivity index (χ4v) is 3.27. The van der Waals surface area contributed by atoms with E-state index >= 15 is 0 Å². The van der Waals surface area contributed by atoms with Gasteiger partial charge in [-0.1, -0.05) is 12.1 Å². The third kappa shape index (κ3) is 1.46. The first-order valence-electron chi connectivity index (χ1n) is 6.10. The van der Waals surface area contributed by atoms with Crippen molar-refractivity contribution in [3.63, 3.8) is 0 Å². The van der Waals surface area contributed by atoms with Crippen LogP contribution in [0.3, 0.4) is 0 Å². The molecule has 2 N–H and O–H groups in total. The summed E-state index contributed by atoms with van der Waals surface area (Å²) < 4.78 is 6.74. The summed E-state index contributed by atoms with van der Waals surface area (Å²) in [5, 5.41) is 6.90. The summed E-state index contributed by atoms with van der Waals surface area (Å²) in [6.07, 6.45) is 0. The maximum Gasteiger partial charge on any atom is 0.214 e. The van der Waals surface area contributed by atoms with Crippen LogP contribution in [0.4, 0.5) is 0 Å². The van der Waals surface area contributed by atoms with E-state index in [9.17, 15) is 0 Å². The molecule has 3 heterocycles.